The molecule has 3 nitrogen and oxygen atoms in total. The van der Waals surface area contributed by atoms with E-state index in [1.165, 1.54) is 5.56 Å². The van der Waals surface area contributed by atoms with Gasteiger partial charge in [0.2, 0.25) is 5.91 Å². The molecule has 1 aliphatic heterocycles. The van der Waals surface area contributed by atoms with Crippen LogP contribution in [0.25, 0.3) is 0 Å². The predicted octanol–water partition coefficient (Wildman–Crippen LogP) is 4.27. The fraction of sp³-hybridized carbons (Fsp3) is 0.350. The number of piperazine rings is 1. The molecule has 0 atom stereocenters. The Kier molecular flexibility index (Phi) is 6.35. The Morgan fingerprint density at radius 3 is 1.88 bits per heavy atom. The van der Waals surface area contributed by atoms with Crippen LogP contribution >= 0.6 is 23.2 Å². The number of carbonyl (C=O) groups is 1. The zero-order chi connectivity index (χ0) is 17.6. The maximum absolute atomic E-state index is 12.4. The summed E-state index contributed by atoms with van der Waals surface area (Å²) >= 11 is 11.8. The first-order chi connectivity index (χ1) is 12.1. The molecule has 2 aromatic carbocycles. The molecule has 2 aromatic rings. The van der Waals surface area contributed by atoms with E-state index in [1.807, 2.05) is 41.3 Å². The fourth-order valence-electron chi connectivity index (χ4n) is 3.06. The Morgan fingerprint density at radius 2 is 1.32 bits per heavy atom. The molecule has 5 heteroatoms. The Balaban J connectivity index is 1.42. The van der Waals surface area contributed by atoms with Crippen LogP contribution in [0.3, 0.4) is 0 Å². The van der Waals surface area contributed by atoms with Gasteiger partial charge in [-0.15, -0.1) is 0 Å². The highest BCUT2D eigenvalue weighted by molar-refractivity contribution is 6.30. The van der Waals surface area contributed by atoms with E-state index in [0.717, 1.165) is 54.8 Å². The normalized spacial score (nSPS) is 15.4. The standard InChI is InChI=1S/C20H22Cl2N2O/c21-18-6-1-16(2-7-18)5-10-20(25)24-13-11-23(12-14-24)15-17-3-8-19(22)9-4-17/h1-4,6-9H,5,10-15H2. The van der Waals surface area contributed by atoms with E-state index in [9.17, 15) is 4.79 Å². The van der Waals surface area contributed by atoms with E-state index in [2.05, 4.69) is 17.0 Å². The van der Waals surface area contributed by atoms with Crippen LogP contribution in [0.4, 0.5) is 0 Å². The highest BCUT2D eigenvalue weighted by Gasteiger charge is 2.20. The first-order valence-corrected chi connectivity index (χ1v) is 9.35. The van der Waals surface area contributed by atoms with Crippen molar-refractivity contribution in [3.05, 3.63) is 69.7 Å². The Bertz CT molecular complexity index is 693. The lowest BCUT2D eigenvalue weighted by Crippen LogP contribution is -2.48. The fourth-order valence-corrected chi connectivity index (χ4v) is 3.32. The third kappa shape index (κ3) is 5.46. The molecule has 25 heavy (non-hydrogen) atoms. The maximum atomic E-state index is 12.4. The molecule has 0 unspecified atom stereocenters. The van der Waals surface area contributed by atoms with Crippen molar-refractivity contribution in [1.29, 1.82) is 0 Å². The van der Waals surface area contributed by atoms with Crippen LogP contribution < -0.4 is 0 Å². The molecule has 1 aliphatic rings. The lowest BCUT2D eigenvalue weighted by atomic mass is 10.1. The van der Waals surface area contributed by atoms with Gasteiger partial charge in [0.05, 0.1) is 0 Å². The van der Waals surface area contributed by atoms with E-state index in [-0.39, 0.29) is 5.91 Å². The zero-order valence-electron chi connectivity index (χ0n) is 14.1. The first-order valence-electron chi connectivity index (χ1n) is 8.59. The van der Waals surface area contributed by atoms with Crippen molar-refractivity contribution < 1.29 is 4.79 Å². The molecule has 0 saturated carbocycles. The minimum absolute atomic E-state index is 0.237. The summed E-state index contributed by atoms with van der Waals surface area (Å²) in [5, 5.41) is 1.49. The molecule has 1 fully saturated rings. The molecule has 0 aliphatic carbocycles. The molecule has 0 bridgehead atoms. The van der Waals surface area contributed by atoms with Gasteiger partial charge in [0.15, 0.2) is 0 Å². The van der Waals surface area contributed by atoms with Gasteiger partial charge in [-0.1, -0.05) is 47.5 Å². The third-order valence-corrected chi connectivity index (χ3v) is 5.09. The number of halogens is 2. The summed E-state index contributed by atoms with van der Waals surface area (Å²) in [7, 11) is 0. The Labute approximate surface area is 159 Å². The SMILES string of the molecule is O=C(CCc1ccc(Cl)cc1)N1CCN(Cc2ccc(Cl)cc2)CC1. The molecule has 0 spiro atoms. The maximum Gasteiger partial charge on any atom is 0.222 e. The molecule has 1 saturated heterocycles. The van der Waals surface area contributed by atoms with Crippen LogP contribution in [0.1, 0.15) is 17.5 Å². The number of hydrogen-bond acceptors (Lipinski definition) is 2. The van der Waals surface area contributed by atoms with E-state index in [0.29, 0.717) is 6.42 Å². The molecule has 1 amide bonds. The monoisotopic (exact) mass is 376 g/mol. The van der Waals surface area contributed by atoms with Crippen LogP contribution in [-0.4, -0.2) is 41.9 Å². The average Bonchev–Trinajstić information content (AvgIpc) is 2.63. The van der Waals surface area contributed by atoms with Gasteiger partial charge in [-0.25, -0.2) is 0 Å². The quantitative estimate of drug-likeness (QED) is 0.777. The zero-order valence-corrected chi connectivity index (χ0v) is 15.6. The molecular weight excluding hydrogens is 355 g/mol. The van der Waals surface area contributed by atoms with Crippen molar-refractivity contribution in [2.75, 3.05) is 26.2 Å². The molecule has 3 rings (SSSR count). The minimum atomic E-state index is 0.237. The van der Waals surface area contributed by atoms with Gasteiger partial charge in [-0.3, -0.25) is 9.69 Å². The number of rotatable bonds is 5. The van der Waals surface area contributed by atoms with Gasteiger partial charge in [0.25, 0.3) is 0 Å². The van der Waals surface area contributed by atoms with E-state index < -0.39 is 0 Å². The number of benzene rings is 2. The van der Waals surface area contributed by atoms with E-state index in [4.69, 9.17) is 23.2 Å². The van der Waals surface area contributed by atoms with Gasteiger partial charge in [0, 0.05) is 49.2 Å². The van der Waals surface area contributed by atoms with E-state index in [1.54, 1.807) is 0 Å². The summed E-state index contributed by atoms with van der Waals surface area (Å²) in [5.74, 6) is 0.237. The molecule has 132 valence electrons. The summed E-state index contributed by atoms with van der Waals surface area (Å²) in [4.78, 5) is 16.8. The lowest BCUT2D eigenvalue weighted by molar-refractivity contribution is -0.133. The lowest BCUT2D eigenvalue weighted by Gasteiger charge is -2.34. The second-order valence-corrected chi connectivity index (χ2v) is 7.28. The van der Waals surface area contributed by atoms with E-state index >= 15 is 0 Å². The molecule has 0 radical (unpaired) electrons. The highest BCUT2D eigenvalue weighted by Crippen LogP contribution is 2.14. The highest BCUT2D eigenvalue weighted by atomic mass is 35.5. The largest absolute Gasteiger partial charge is 0.340 e. The van der Waals surface area contributed by atoms with Crippen molar-refractivity contribution in [3.63, 3.8) is 0 Å². The van der Waals surface area contributed by atoms with Gasteiger partial charge >= 0.3 is 0 Å². The van der Waals surface area contributed by atoms with Gasteiger partial charge in [0.1, 0.15) is 0 Å². The van der Waals surface area contributed by atoms with Gasteiger partial charge < -0.3 is 4.90 Å². The average molecular weight is 377 g/mol. The second-order valence-electron chi connectivity index (χ2n) is 6.41. The van der Waals surface area contributed by atoms with Crippen LogP contribution in [0.2, 0.25) is 10.0 Å². The molecule has 0 N–H and O–H groups in total. The van der Waals surface area contributed by atoms with Crippen molar-refractivity contribution in [2.45, 2.75) is 19.4 Å². The molecular formula is C20H22Cl2N2O. The predicted molar refractivity (Wildman–Crippen MR) is 103 cm³/mol. The Morgan fingerprint density at radius 1 is 0.800 bits per heavy atom. The van der Waals surface area contributed by atoms with Crippen LogP contribution in [0, 0.1) is 0 Å². The smallest absolute Gasteiger partial charge is 0.222 e. The minimum Gasteiger partial charge on any atom is -0.340 e. The number of amides is 1. The van der Waals surface area contributed by atoms with Crippen molar-refractivity contribution in [2.24, 2.45) is 0 Å². The number of carbonyl (C=O) groups excluding carboxylic acids is 1. The number of hydrogen-bond donors (Lipinski definition) is 0. The van der Waals surface area contributed by atoms with Crippen molar-refractivity contribution in [3.8, 4) is 0 Å². The summed E-state index contributed by atoms with van der Waals surface area (Å²) in [6.45, 7) is 4.33. The molecule has 0 aromatic heterocycles. The number of nitrogens with zero attached hydrogens (tertiary/aromatic N) is 2. The number of aryl methyl sites for hydroxylation is 1. The molecule has 1 heterocycles. The summed E-state index contributed by atoms with van der Waals surface area (Å²) in [6.07, 6.45) is 1.32. The van der Waals surface area contributed by atoms with Crippen LogP contribution in [0.5, 0.6) is 0 Å². The first kappa shape index (κ1) is 18.2. The van der Waals surface area contributed by atoms with Gasteiger partial charge in [-0.05, 0) is 41.8 Å². The topological polar surface area (TPSA) is 23.6 Å². The third-order valence-electron chi connectivity index (χ3n) is 4.59. The summed E-state index contributed by atoms with van der Waals surface area (Å²) in [6, 6.07) is 15.7. The Hall–Kier alpha value is -1.55. The summed E-state index contributed by atoms with van der Waals surface area (Å²) in [5.41, 5.74) is 2.41. The second kappa shape index (κ2) is 8.70. The summed E-state index contributed by atoms with van der Waals surface area (Å²) < 4.78 is 0. The van der Waals surface area contributed by atoms with Crippen molar-refractivity contribution >= 4 is 29.1 Å². The van der Waals surface area contributed by atoms with Crippen molar-refractivity contribution in [1.82, 2.24) is 9.80 Å². The van der Waals surface area contributed by atoms with Crippen LogP contribution in [0.15, 0.2) is 48.5 Å². The van der Waals surface area contributed by atoms with Gasteiger partial charge in [-0.2, -0.15) is 0 Å². The van der Waals surface area contributed by atoms with Crippen LogP contribution in [-0.2, 0) is 17.8 Å².